The van der Waals surface area contributed by atoms with E-state index in [2.05, 4.69) is 21.2 Å². The summed E-state index contributed by atoms with van der Waals surface area (Å²) in [5.74, 6) is -0.599. The van der Waals surface area contributed by atoms with Gasteiger partial charge in [0.05, 0.1) is 10.5 Å². The quantitative estimate of drug-likeness (QED) is 0.706. The van der Waals surface area contributed by atoms with Gasteiger partial charge < -0.3 is 15.2 Å². The largest absolute Gasteiger partial charge is 0.503 e. The van der Waals surface area contributed by atoms with Crippen LogP contribution in [0.5, 0.6) is 11.5 Å². The molecule has 0 amide bonds. The van der Waals surface area contributed by atoms with Gasteiger partial charge in [-0.05, 0) is 28.9 Å². The molecule has 1 aliphatic heterocycles. The molecule has 0 aliphatic carbocycles. The van der Waals surface area contributed by atoms with Crippen molar-refractivity contribution >= 4 is 21.6 Å². The number of hydrogen-bond acceptors (Lipinski definition) is 3. The number of aromatic hydroxyl groups is 1. The smallest absolute Gasteiger partial charge is 0.178 e. The van der Waals surface area contributed by atoms with Crippen LogP contribution in [-0.4, -0.2) is 17.8 Å². The molecular formula is C9H9BrFNO2. The van der Waals surface area contributed by atoms with E-state index < -0.39 is 11.6 Å². The van der Waals surface area contributed by atoms with E-state index in [9.17, 15) is 9.50 Å². The third-order valence-electron chi connectivity index (χ3n) is 2.03. The first-order valence-corrected chi connectivity index (χ1v) is 4.99. The Morgan fingerprint density at radius 1 is 1.71 bits per heavy atom. The molecule has 1 aromatic rings. The molecule has 2 N–H and O–H groups in total. The number of phenolic OH excluding ortho intramolecular Hbond substituents is 1. The van der Waals surface area contributed by atoms with Gasteiger partial charge in [0, 0.05) is 0 Å². The molecule has 5 heteroatoms. The zero-order chi connectivity index (χ0) is 10.3. The molecule has 0 fully saturated rings. The highest BCUT2D eigenvalue weighted by Gasteiger charge is 2.23. The average Bonchev–Trinajstić information content (AvgIpc) is 2.14. The molecule has 0 saturated heterocycles. The Kier molecular flexibility index (Phi) is 2.26. The first kappa shape index (κ1) is 9.58. The van der Waals surface area contributed by atoms with Gasteiger partial charge >= 0.3 is 0 Å². The van der Waals surface area contributed by atoms with E-state index in [-0.39, 0.29) is 6.04 Å². The van der Waals surface area contributed by atoms with Gasteiger partial charge in [0.25, 0.3) is 0 Å². The molecule has 76 valence electrons. The third-order valence-corrected chi connectivity index (χ3v) is 2.62. The summed E-state index contributed by atoms with van der Waals surface area (Å²) >= 11 is 3.17. The Balaban J connectivity index is 2.57. The maximum atomic E-state index is 13.1. The van der Waals surface area contributed by atoms with E-state index in [1.807, 2.05) is 6.92 Å². The van der Waals surface area contributed by atoms with Crippen LogP contribution in [0.1, 0.15) is 6.92 Å². The van der Waals surface area contributed by atoms with E-state index in [0.717, 1.165) is 0 Å². The van der Waals surface area contributed by atoms with Crippen LogP contribution >= 0.6 is 15.9 Å². The number of fused-ring (bicyclic) bond motifs is 1. The lowest BCUT2D eigenvalue weighted by Gasteiger charge is -2.26. The molecule has 1 atom stereocenters. The van der Waals surface area contributed by atoms with E-state index >= 15 is 0 Å². The molecule has 1 aromatic carbocycles. The van der Waals surface area contributed by atoms with Gasteiger partial charge in [0.2, 0.25) is 0 Å². The van der Waals surface area contributed by atoms with Crippen molar-refractivity contribution in [2.75, 3.05) is 11.9 Å². The van der Waals surface area contributed by atoms with Crippen molar-refractivity contribution in [3.05, 3.63) is 16.4 Å². The van der Waals surface area contributed by atoms with Crippen molar-refractivity contribution < 1.29 is 14.2 Å². The summed E-state index contributed by atoms with van der Waals surface area (Å²) in [4.78, 5) is 0. The van der Waals surface area contributed by atoms with E-state index in [4.69, 9.17) is 4.74 Å². The molecule has 2 rings (SSSR count). The van der Waals surface area contributed by atoms with Crippen molar-refractivity contribution in [1.82, 2.24) is 0 Å². The molecule has 3 nitrogen and oxygen atoms in total. The topological polar surface area (TPSA) is 41.5 Å². The van der Waals surface area contributed by atoms with Crippen LogP contribution < -0.4 is 10.1 Å². The van der Waals surface area contributed by atoms with E-state index in [1.165, 1.54) is 6.07 Å². The lowest BCUT2D eigenvalue weighted by Crippen LogP contribution is -2.28. The minimum Gasteiger partial charge on any atom is -0.503 e. The summed E-state index contributed by atoms with van der Waals surface area (Å²) in [7, 11) is 0. The maximum absolute atomic E-state index is 13.1. The number of anilines is 1. The Morgan fingerprint density at radius 3 is 3.14 bits per heavy atom. The monoisotopic (exact) mass is 261 g/mol. The molecule has 0 aromatic heterocycles. The van der Waals surface area contributed by atoms with Crippen molar-refractivity contribution in [3.8, 4) is 11.5 Å². The molecule has 1 heterocycles. The minimum atomic E-state index is -0.666. The number of ether oxygens (including phenoxy) is 1. The zero-order valence-electron chi connectivity index (χ0n) is 7.47. The summed E-state index contributed by atoms with van der Waals surface area (Å²) in [6, 6.07) is 1.24. The van der Waals surface area contributed by atoms with Gasteiger partial charge in [0.15, 0.2) is 17.3 Å². The van der Waals surface area contributed by atoms with Gasteiger partial charge in [-0.15, -0.1) is 0 Å². The van der Waals surface area contributed by atoms with E-state index in [1.54, 1.807) is 0 Å². The predicted molar refractivity (Wildman–Crippen MR) is 54.3 cm³/mol. The van der Waals surface area contributed by atoms with E-state index in [0.29, 0.717) is 22.5 Å². The maximum Gasteiger partial charge on any atom is 0.178 e. The van der Waals surface area contributed by atoms with Crippen molar-refractivity contribution in [1.29, 1.82) is 0 Å². The standard InChI is InChI=1S/C9H9BrFNO2/c1-4-3-14-9-5(10)2-6(11)8(13)7(9)12-4/h2,4,12-13H,3H2,1H3. The number of rotatable bonds is 0. The second-order valence-electron chi connectivity index (χ2n) is 3.25. The summed E-state index contributed by atoms with van der Waals surface area (Å²) in [6.45, 7) is 2.39. The fourth-order valence-corrected chi connectivity index (χ4v) is 1.88. The molecule has 1 unspecified atom stereocenters. The first-order valence-electron chi connectivity index (χ1n) is 4.20. The fourth-order valence-electron chi connectivity index (χ4n) is 1.36. The van der Waals surface area contributed by atoms with Crippen LogP contribution in [0.15, 0.2) is 10.5 Å². The van der Waals surface area contributed by atoms with Crippen molar-refractivity contribution in [2.24, 2.45) is 0 Å². The van der Waals surface area contributed by atoms with Crippen LogP contribution in [0.3, 0.4) is 0 Å². The summed E-state index contributed by atoms with van der Waals surface area (Å²) in [5, 5.41) is 12.4. The molecule has 1 aliphatic rings. The Bertz CT molecular complexity index is 384. The number of nitrogens with one attached hydrogen (secondary N) is 1. The van der Waals surface area contributed by atoms with Crippen molar-refractivity contribution in [3.63, 3.8) is 0 Å². The summed E-state index contributed by atoms with van der Waals surface area (Å²) < 4.78 is 19.0. The summed E-state index contributed by atoms with van der Waals surface area (Å²) in [6.07, 6.45) is 0. The number of hydrogen-bond donors (Lipinski definition) is 2. The molecule has 0 bridgehead atoms. The predicted octanol–water partition coefficient (Wildman–Crippen LogP) is 2.49. The summed E-state index contributed by atoms with van der Waals surface area (Å²) in [5.41, 5.74) is 0.315. The Labute approximate surface area is 89.0 Å². The molecule has 0 saturated carbocycles. The first-order chi connectivity index (χ1) is 6.59. The minimum absolute atomic E-state index is 0.0575. The van der Waals surface area contributed by atoms with Gasteiger partial charge in [-0.2, -0.15) is 0 Å². The lowest BCUT2D eigenvalue weighted by molar-refractivity contribution is 0.285. The van der Waals surface area contributed by atoms with Crippen molar-refractivity contribution in [2.45, 2.75) is 13.0 Å². The highest BCUT2D eigenvalue weighted by atomic mass is 79.9. The van der Waals surface area contributed by atoms with Crippen LogP contribution in [-0.2, 0) is 0 Å². The van der Waals surface area contributed by atoms with Crippen LogP contribution in [0.4, 0.5) is 10.1 Å². The van der Waals surface area contributed by atoms with Gasteiger partial charge in [-0.3, -0.25) is 0 Å². The zero-order valence-corrected chi connectivity index (χ0v) is 9.06. The lowest BCUT2D eigenvalue weighted by atomic mass is 10.2. The molecule has 0 radical (unpaired) electrons. The molecular weight excluding hydrogens is 253 g/mol. The fraction of sp³-hybridized carbons (Fsp3) is 0.333. The van der Waals surface area contributed by atoms with Crippen LogP contribution in [0.25, 0.3) is 0 Å². The second kappa shape index (κ2) is 3.31. The normalized spacial score (nSPS) is 19.5. The van der Waals surface area contributed by atoms with Gasteiger partial charge in [-0.25, -0.2) is 4.39 Å². The third kappa shape index (κ3) is 1.41. The highest BCUT2D eigenvalue weighted by Crippen LogP contribution is 2.43. The van der Waals surface area contributed by atoms with Gasteiger partial charge in [0.1, 0.15) is 12.3 Å². The SMILES string of the molecule is CC1COc2c(Br)cc(F)c(O)c2N1. The Morgan fingerprint density at radius 2 is 2.43 bits per heavy atom. The second-order valence-corrected chi connectivity index (χ2v) is 4.10. The van der Waals surface area contributed by atoms with Crippen LogP contribution in [0, 0.1) is 5.82 Å². The number of phenols is 1. The molecule has 0 spiro atoms. The Hall–Kier alpha value is -0.970. The average molecular weight is 262 g/mol. The number of benzene rings is 1. The molecule has 14 heavy (non-hydrogen) atoms. The van der Waals surface area contributed by atoms with Gasteiger partial charge in [-0.1, -0.05) is 0 Å². The number of halogens is 2. The van der Waals surface area contributed by atoms with Crippen LogP contribution in [0.2, 0.25) is 0 Å². The highest BCUT2D eigenvalue weighted by molar-refractivity contribution is 9.10.